The van der Waals surface area contributed by atoms with Crippen LogP contribution in [-0.4, -0.2) is 6.54 Å². The van der Waals surface area contributed by atoms with Crippen LogP contribution in [0.5, 0.6) is 0 Å². The minimum absolute atomic E-state index is 0.747. The molecular weight excluding hydrogens is 194 g/mol. The lowest BCUT2D eigenvalue weighted by molar-refractivity contribution is 0.263. The third-order valence-electron chi connectivity index (χ3n) is 4.64. The summed E-state index contributed by atoms with van der Waals surface area (Å²) < 4.78 is 0. The van der Waals surface area contributed by atoms with Gasteiger partial charge in [-0.05, 0) is 61.1 Å². The van der Waals surface area contributed by atoms with Crippen molar-refractivity contribution in [2.45, 2.75) is 43.9 Å². The first-order chi connectivity index (χ1) is 7.88. The second kappa shape index (κ2) is 4.21. The van der Waals surface area contributed by atoms with Gasteiger partial charge in [-0.1, -0.05) is 30.7 Å². The van der Waals surface area contributed by atoms with Crippen molar-refractivity contribution < 1.29 is 0 Å². The monoisotopic (exact) mass is 215 g/mol. The van der Waals surface area contributed by atoms with E-state index in [4.69, 9.17) is 5.73 Å². The average Bonchev–Trinajstić information content (AvgIpc) is 2.14. The maximum absolute atomic E-state index is 5.80. The Morgan fingerprint density at radius 1 is 1.06 bits per heavy atom. The number of nitrogens with two attached hydrogens (primary N) is 1. The summed E-state index contributed by atoms with van der Waals surface area (Å²) in [7, 11) is 0. The Kier molecular flexibility index (Phi) is 2.72. The quantitative estimate of drug-likeness (QED) is 0.821. The Balaban J connectivity index is 1.79. The molecule has 2 aliphatic carbocycles. The first kappa shape index (κ1) is 10.3. The number of hydrogen-bond donors (Lipinski definition) is 1. The lowest BCUT2D eigenvalue weighted by Crippen LogP contribution is -2.30. The molecule has 1 aromatic carbocycles. The number of hydrogen-bond acceptors (Lipinski definition) is 1. The highest BCUT2D eigenvalue weighted by Gasteiger charge is 2.31. The SMILES string of the molecule is NCC1CCC1c1cccc(C2CCC2)c1. The Morgan fingerprint density at radius 2 is 1.88 bits per heavy atom. The summed E-state index contributed by atoms with van der Waals surface area (Å²) in [6.45, 7) is 0.859. The van der Waals surface area contributed by atoms with Crippen LogP contribution in [0.25, 0.3) is 0 Å². The van der Waals surface area contributed by atoms with E-state index in [-0.39, 0.29) is 0 Å². The van der Waals surface area contributed by atoms with E-state index in [1.807, 2.05) is 0 Å². The van der Waals surface area contributed by atoms with Gasteiger partial charge in [0.15, 0.2) is 0 Å². The van der Waals surface area contributed by atoms with Crippen molar-refractivity contribution in [1.29, 1.82) is 0 Å². The smallest absolute Gasteiger partial charge is 0.00430 e. The van der Waals surface area contributed by atoms with Gasteiger partial charge in [-0.25, -0.2) is 0 Å². The summed E-state index contributed by atoms with van der Waals surface area (Å²) >= 11 is 0. The molecule has 86 valence electrons. The van der Waals surface area contributed by atoms with Crippen molar-refractivity contribution in [1.82, 2.24) is 0 Å². The average molecular weight is 215 g/mol. The number of rotatable bonds is 3. The van der Waals surface area contributed by atoms with Crippen molar-refractivity contribution in [3.05, 3.63) is 35.4 Å². The maximum atomic E-state index is 5.80. The van der Waals surface area contributed by atoms with Crippen LogP contribution in [0.4, 0.5) is 0 Å². The zero-order valence-corrected chi connectivity index (χ0v) is 9.86. The lowest BCUT2D eigenvalue weighted by Gasteiger charge is -2.37. The lowest BCUT2D eigenvalue weighted by atomic mass is 9.69. The Morgan fingerprint density at radius 3 is 2.44 bits per heavy atom. The summed E-state index contributed by atoms with van der Waals surface area (Å²) in [4.78, 5) is 0. The molecule has 2 fully saturated rings. The van der Waals surface area contributed by atoms with Crippen LogP contribution in [0.3, 0.4) is 0 Å². The molecule has 0 spiro atoms. The minimum atomic E-state index is 0.747. The molecule has 2 N–H and O–H groups in total. The largest absolute Gasteiger partial charge is 0.330 e. The van der Waals surface area contributed by atoms with Gasteiger partial charge in [-0.15, -0.1) is 0 Å². The molecule has 16 heavy (non-hydrogen) atoms. The van der Waals surface area contributed by atoms with Gasteiger partial charge in [-0.3, -0.25) is 0 Å². The van der Waals surface area contributed by atoms with Gasteiger partial charge >= 0.3 is 0 Å². The van der Waals surface area contributed by atoms with E-state index in [0.29, 0.717) is 0 Å². The van der Waals surface area contributed by atoms with Crippen LogP contribution in [0.1, 0.15) is 55.1 Å². The van der Waals surface area contributed by atoms with Crippen molar-refractivity contribution in [2.24, 2.45) is 11.7 Å². The summed E-state index contributed by atoms with van der Waals surface area (Å²) in [5.74, 6) is 2.36. The molecule has 1 aromatic rings. The van der Waals surface area contributed by atoms with E-state index in [1.165, 1.54) is 32.1 Å². The molecule has 0 saturated heterocycles. The molecule has 0 radical (unpaired) electrons. The molecule has 0 aliphatic heterocycles. The van der Waals surface area contributed by atoms with Gasteiger partial charge in [0.2, 0.25) is 0 Å². The molecule has 2 saturated carbocycles. The second-order valence-electron chi connectivity index (χ2n) is 5.48. The summed E-state index contributed by atoms with van der Waals surface area (Å²) in [6.07, 6.45) is 6.89. The fraction of sp³-hybridized carbons (Fsp3) is 0.600. The van der Waals surface area contributed by atoms with Crippen LogP contribution in [-0.2, 0) is 0 Å². The predicted molar refractivity (Wildman–Crippen MR) is 67.6 cm³/mol. The van der Waals surface area contributed by atoms with Crippen LogP contribution in [0, 0.1) is 5.92 Å². The third-order valence-corrected chi connectivity index (χ3v) is 4.64. The Bertz CT molecular complexity index is 365. The maximum Gasteiger partial charge on any atom is -0.00430 e. The van der Waals surface area contributed by atoms with Gasteiger partial charge in [0, 0.05) is 0 Å². The molecule has 1 nitrogen and oxygen atoms in total. The van der Waals surface area contributed by atoms with E-state index >= 15 is 0 Å². The normalized spacial score (nSPS) is 29.6. The highest BCUT2D eigenvalue weighted by molar-refractivity contribution is 5.31. The molecule has 0 heterocycles. The van der Waals surface area contributed by atoms with E-state index in [0.717, 1.165) is 24.3 Å². The van der Waals surface area contributed by atoms with Crippen LogP contribution in [0.2, 0.25) is 0 Å². The highest BCUT2D eigenvalue weighted by Crippen LogP contribution is 2.43. The third kappa shape index (κ3) is 1.67. The van der Waals surface area contributed by atoms with Crippen molar-refractivity contribution >= 4 is 0 Å². The molecule has 0 bridgehead atoms. The second-order valence-corrected chi connectivity index (χ2v) is 5.48. The molecular formula is C15H21N. The standard InChI is InChI=1S/C15H21N/c16-10-14-7-8-15(14)13-6-2-5-12(9-13)11-3-1-4-11/h2,5-6,9,11,14-15H,1,3-4,7-8,10,16H2. The van der Waals surface area contributed by atoms with Gasteiger partial charge in [0.1, 0.15) is 0 Å². The van der Waals surface area contributed by atoms with Crippen molar-refractivity contribution in [3.63, 3.8) is 0 Å². The number of benzene rings is 1. The van der Waals surface area contributed by atoms with Gasteiger partial charge in [0.25, 0.3) is 0 Å². The van der Waals surface area contributed by atoms with Gasteiger partial charge in [0.05, 0.1) is 0 Å². The first-order valence-corrected chi connectivity index (χ1v) is 6.68. The summed E-state index contributed by atoms with van der Waals surface area (Å²) in [5, 5.41) is 0. The molecule has 0 aromatic heterocycles. The molecule has 1 heteroatoms. The fourth-order valence-corrected chi connectivity index (χ4v) is 3.08. The molecule has 3 rings (SSSR count). The van der Waals surface area contributed by atoms with Gasteiger partial charge in [-0.2, -0.15) is 0 Å². The molecule has 0 amide bonds. The zero-order chi connectivity index (χ0) is 11.0. The Labute approximate surface area is 98.0 Å². The van der Waals surface area contributed by atoms with E-state index < -0.39 is 0 Å². The zero-order valence-electron chi connectivity index (χ0n) is 9.86. The van der Waals surface area contributed by atoms with Crippen molar-refractivity contribution in [3.8, 4) is 0 Å². The Hall–Kier alpha value is -0.820. The van der Waals surface area contributed by atoms with Crippen molar-refractivity contribution in [2.75, 3.05) is 6.54 Å². The predicted octanol–water partition coefficient (Wildman–Crippen LogP) is 3.41. The van der Waals surface area contributed by atoms with E-state index in [1.54, 1.807) is 11.1 Å². The summed E-state index contributed by atoms with van der Waals surface area (Å²) in [6, 6.07) is 9.31. The topological polar surface area (TPSA) is 26.0 Å². The van der Waals surface area contributed by atoms with Crippen LogP contribution < -0.4 is 5.73 Å². The molecule has 2 unspecified atom stereocenters. The van der Waals surface area contributed by atoms with Crippen LogP contribution in [0.15, 0.2) is 24.3 Å². The summed E-state index contributed by atoms with van der Waals surface area (Å²) in [5.41, 5.74) is 8.92. The van der Waals surface area contributed by atoms with E-state index in [2.05, 4.69) is 24.3 Å². The van der Waals surface area contributed by atoms with Crippen LogP contribution >= 0.6 is 0 Å². The molecule has 2 aliphatic rings. The molecule has 2 atom stereocenters. The van der Waals surface area contributed by atoms with Gasteiger partial charge < -0.3 is 5.73 Å². The first-order valence-electron chi connectivity index (χ1n) is 6.68. The fourth-order valence-electron chi connectivity index (χ4n) is 3.08. The highest BCUT2D eigenvalue weighted by atomic mass is 14.6. The van der Waals surface area contributed by atoms with E-state index in [9.17, 15) is 0 Å². The minimum Gasteiger partial charge on any atom is -0.330 e.